The third-order valence-electron chi connectivity index (χ3n) is 8.01. The summed E-state index contributed by atoms with van der Waals surface area (Å²) in [6.45, 7) is 12.8. The third kappa shape index (κ3) is 26.8. The number of amides is 1. The minimum absolute atomic E-state index is 0.0223. The summed E-state index contributed by atoms with van der Waals surface area (Å²) in [5.41, 5.74) is 0.964. The number of aromatic nitrogens is 3. The van der Waals surface area contributed by atoms with Gasteiger partial charge in [0.1, 0.15) is 30.5 Å². The number of aromatic carboxylic acids is 1. The molecule has 0 saturated heterocycles. The summed E-state index contributed by atoms with van der Waals surface area (Å²) < 4.78 is 58.0. The summed E-state index contributed by atoms with van der Waals surface area (Å²) in [4.78, 5) is 74.6. The number of hydrogen-bond donors (Lipinski definition) is 6. The molecule has 71 heavy (non-hydrogen) atoms. The highest BCUT2D eigenvalue weighted by Crippen LogP contribution is 2.37. The number of aliphatic carboxylic acids is 1. The number of carbonyl (C=O) groups is 3. The Labute approximate surface area is 427 Å². The van der Waals surface area contributed by atoms with Crippen molar-refractivity contribution in [2.45, 2.75) is 66.2 Å². The predicted octanol–water partition coefficient (Wildman–Crippen LogP) is 8.36. The minimum atomic E-state index is -4.58. The Morgan fingerprint density at radius 3 is 2.06 bits per heavy atom. The number of carboxylic acid groups (broad SMARTS) is 2. The number of carbonyl (C=O) groups excluding carboxylic acids is 1. The van der Waals surface area contributed by atoms with E-state index in [4.69, 9.17) is 59.4 Å². The van der Waals surface area contributed by atoms with Crippen LogP contribution in [0.1, 0.15) is 61.7 Å². The van der Waals surface area contributed by atoms with E-state index in [-0.39, 0.29) is 45.7 Å². The SMILES string of the molecule is CCNc1nc(Cl)nc(NC(C)C)n1.CCc1cccc(C)c1N(C(=O)CCl)C(C)COC.C[S+](C)C.O=C(O)CNCP(=O)([O-])O.O=C(O)c1cc(Oc2ccc(C(F)(F)F)cc2Cl)ccc1[N+](=O)[O-]. The largest absolute Gasteiger partial charge is 0.778 e. The number of para-hydroxylation sites is 1. The van der Waals surface area contributed by atoms with Gasteiger partial charge in [-0.2, -0.15) is 28.1 Å². The summed E-state index contributed by atoms with van der Waals surface area (Å²) in [6.07, 6.45) is 2.17. The van der Waals surface area contributed by atoms with Crippen molar-refractivity contribution in [2.24, 2.45) is 0 Å². The van der Waals surface area contributed by atoms with Gasteiger partial charge in [-0.25, -0.2) is 4.79 Å². The molecule has 2 unspecified atom stereocenters. The predicted molar refractivity (Wildman–Crippen MR) is 270 cm³/mol. The van der Waals surface area contributed by atoms with Crippen LogP contribution < -0.4 is 30.5 Å². The number of nitro groups is 1. The van der Waals surface area contributed by atoms with Gasteiger partial charge < -0.3 is 49.6 Å². The van der Waals surface area contributed by atoms with E-state index in [1.807, 2.05) is 52.1 Å². The highest BCUT2D eigenvalue weighted by molar-refractivity contribution is 7.94. The summed E-state index contributed by atoms with van der Waals surface area (Å²) in [5, 5.41) is 35.6. The second kappa shape index (κ2) is 32.8. The lowest BCUT2D eigenvalue weighted by Crippen LogP contribution is -2.43. The highest BCUT2D eigenvalue weighted by Gasteiger charge is 2.31. The van der Waals surface area contributed by atoms with Crippen LogP contribution in [-0.4, -0.2) is 123 Å². The van der Waals surface area contributed by atoms with Crippen molar-refractivity contribution < 1.29 is 66.5 Å². The minimum Gasteiger partial charge on any atom is -0.778 e. The van der Waals surface area contributed by atoms with Crippen molar-refractivity contribution >= 4 is 94.4 Å². The van der Waals surface area contributed by atoms with Crippen LogP contribution in [0.15, 0.2) is 54.6 Å². The zero-order chi connectivity index (χ0) is 54.8. The Hall–Kier alpha value is -5.04. The third-order valence-corrected chi connectivity index (χ3v) is 9.32. The lowest BCUT2D eigenvalue weighted by molar-refractivity contribution is -0.385. The van der Waals surface area contributed by atoms with Crippen LogP contribution in [0.2, 0.25) is 10.3 Å². The van der Waals surface area contributed by atoms with Gasteiger partial charge in [0.2, 0.25) is 23.1 Å². The number of nitrogens with one attached hydrogen (secondary N) is 3. The van der Waals surface area contributed by atoms with Gasteiger partial charge in [-0.15, -0.1) is 11.6 Å². The fraction of sp³-hybridized carbons (Fsp3) is 0.442. The summed E-state index contributed by atoms with van der Waals surface area (Å²) in [5.74, 6) is -2.12. The normalized spacial score (nSPS) is 11.9. The molecule has 0 fully saturated rings. The van der Waals surface area contributed by atoms with Crippen molar-refractivity contribution in [1.29, 1.82) is 0 Å². The first-order valence-corrected chi connectivity index (χ1v) is 26.3. The van der Waals surface area contributed by atoms with Gasteiger partial charge in [-0.3, -0.25) is 25.0 Å². The molecule has 0 bridgehead atoms. The molecule has 4 rings (SSSR count). The first kappa shape index (κ1) is 66.0. The average molecular weight is 1110 g/mol. The maximum Gasteiger partial charge on any atom is 0.416 e. The highest BCUT2D eigenvalue weighted by atomic mass is 35.5. The molecule has 0 saturated carbocycles. The monoisotopic (exact) mass is 1100 g/mol. The van der Waals surface area contributed by atoms with Gasteiger partial charge in [0, 0.05) is 31.8 Å². The molecule has 20 nitrogen and oxygen atoms in total. The molecule has 0 radical (unpaired) electrons. The number of ether oxygens (including phenoxy) is 2. The molecule has 1 aromatic heterocycles. The topological polar surface area (TPSA) is 292 Å². The van der Waals surface area contributed by atoms with Crippen molar-refractivity contribution in [3.8, 4) is 11.5 Å². The fourth-order valence-corrected chi connectivity index (χ4v) is 6.23. The number of halogens is 6. The van der Waals surface area contributed by atoms with E-state index in [1.54, 1.807) is 12.0 Å². The van der Waals surface area contributed by atoms with Crippen LogP contribution in [-0.2, 0) is 42.4 Å². The quantitative estimate of drug-likeness (QED) is 0.0179. The molecule has 6 N–H and O–H groups in total. The van der Waals surface area contributed by atoms with E-state index in [2.05, 4.69) is 57.3 Å². The summed E-state index contributed by atoms with van der Waals surface area (Å²) in [6, 6.07) is 11.6. The number of nitro benzene ring substituents is 1. The Morgan fingerprint density at radius 1 is 0.986 bits per heavy atom. The number of methoxy groups -OCH3 is 1. The molecular formula is C43H59Cl3F3N8O12PS. The molecule has 396 valence electrons. The average Bonchev–Trinajstić information content (AvgIpc) is 3.24. The first-order valence-electron chi connectivity index (χ1n) is 20.8. The van der Waals surface area contributed by atoms with Crippen LogP contribution >= 0.6 is 42.4 Å². The van der Waals surface area contributed by atoms with Gasteiger partial charge in [0.15, 0.2) is 0 Å². The van der Waals surface area contributed by atoms with Gasteiger partial charge in [0.05, 0.1) is 65.4 Å². The van der Waals surface area contributed by atoms with Crippen LogP contribution in [0.5, 0.6) is 11.5 Å². The summed E-state index contributed by atoms with van der Waals surface area (Å²) in [7, 11) is -2.07. The zero-order valence-electron chi connectivity index (χ0n) is 40.5. The Bertz CT molecular complexity index is 2390. The Balaban J connectivity index is 0.000000935. The number of alkyl halides is 4. The molecule has 0 aliphatic carbocycles. The van der Waals surface area contributed by atoms with Crippen molar-refractivity contribution in [3.63, 3.8) is 0 Å². The van der Waals surface area contributed by atoms with Crippen LogP contribution in [0.4, 0.5) is 36.4 Å². The Morgan fingerprint density at radius 2 is 1.59 bits per heavy atom. The van der Waals surface area contributed by atoms with E-state index < -0.39 is 60.3 Å². The van der Waals surface area contributed by atoms with Gasteiger partial charge in [-0.05, 0) is 98.9 Å². The number of aryl methyl sites for hydroxylation is 2. The van der Waals surface area contributed by atoms with Gasteiger partial charge in [0.25, 0.3) is 5.69 Å². The van der Waals surface area contributed by atoms with Gasteiger partial charge in [-0.1, -0.05) is 36.7 Å². The number of hydrogen-bond acceptors (Lipinski definition) is 15. The van der Waals surface area contributed by atoms with Crippen molar-refractivity contribution in [1.82, 2.24) is 20.3 Å². The number of anilines is 3. The van der Waals surface area contributed by atoms with E-state index in [0.29, 0.717) is 35.5 Å². The van der Waals surface area contributed by atoms with E-state index in [0.717, 1.165) is 60.1 Å². The molecule has 0 spiro atoms. The molecule has 0 aliphatic heterocycles. The molecule has 1 amide bonds. The number of benzene rings is 3. The molecule has 2 atom stereocenters. The lowest BCUT2D eigenvalue weighted by atomic mass is 10.0. The molecule has 4 aromatic rings. The van der Waals surface area contributed by atoms with E-state index in [1.165, 1.54) is 0 Å². The summed E-state index contributed by atoms with van der Waals surface area (Å²) >= 11 is 17.2. The Kier molecular flexibility index (Phi) is 30.5. The standard InChI is InChI=1S/C15H22ClNO2.C14H7ClF3NO5.C8H14ClN5.C3H8NO5P.C3H9S/c1-5-13-8-6-7-11(2)15(13)17(14(18)9-16)12(3)10-19-4;15-10-5-7(14(16,17)18)1-4-12(10)24-8-2-3-11(19(22)23)9(6-8)13(20)21;1-4-10-7-12-6(9)13-8(14-7)11-5(2)3;5-3(6)1-4-2-10(7,8)9;1-4(2)3/h6-8,12H,5,9-10H2,1-4H3;1-6H,(H,20,21);5H,4H2,1-3H3,(H2,10,11,12,13,14);4H,1-2H2,(H,5,6)(H2,7,8,9);1-3H3/q;;;;+1/p-1. The van der Waals surface area contributed by atoms with Crippen molar-refractivity contribution in [2.75, 3.05) is 73.3 Å². The lowest BCUT2D eigenvalue weighted by Gasteiger charge is -2.31. The number of nitrogens with zero attached hydrogens (tertiary/aromatic N) is 5. The number of carboxylic acids is 2. The fourth-order valence-electron chi connectivity index (χ4n) is 5.33. The van der Waals surface area contributed by atoms with Crippen LogP contribution in [0.3, 0.4) is 0 Å². The second-order valence-corrected chi connectivity index (χ2v) is 20.1. The smallest absolute Gasteiger partial charge is 0.416 e. The first-order chi connectivity index (χ1) is 32.9. The molecule has 0 aliphatic rings. The molecular weight excluding hydrogens is 1050 g/mol. The van der Waals surface area contributed by atoms with Crippen LogP contribution in [0.25, 0.3) is 0 Å². The molecule has 3 aromatic carbocycles. The zero-order valence-corrected chi connectivity index (χ0v) is 44.4. The second-order valence-electron chi connectivity index (χ2n) is 15.0. The number of rotatable bonds is 18. The maximum atomic E-state index is 12.6. The van der Waals surface area contributed by atoms with Crippen molar-refractivity contribution in [3.05, 3.63) is 97.3 Å². The van der Waals surface area contributed by atoms with E-state index >= 15 is 0 Å². The molecule has 1 heterocycles. The van der Waals surface area contributed by atoms with Gasteiger partial charge >= 0.3 is 18.1 Å². The van der Waals surface area contributed by atoms with Crippen LogP contribution in [0, 0.1) is 17.0 Å². The maximum absolute atomic E-state index is 12.6. The molecule has 28 heteroatoms. The van der Waals surface area contributed by atoms with E-state index in [9.17, 15) is 47.1 Å².